The minimum absolute atomic E-state index is 0.0498. The van der Waals surface area contributed by atoms with Crippen molar-refractivity contribution in [2.75, 3.05) is 24.2 Å². The van der Waals surface area contributed by atoms with Crippen molar-refractivity contribution in [2.45, 2.75) is 45.0 Å². The fourth-order valence-electron chi connectivity index (χ4n) is 1.87. The molecule has 2 amide bonds. The molecule has 0 saturated heterocycles. The number of halogens is 3. The van der Waals surface area contributed by atoms with Crippen molar-refractivity contribution in [1.82, 2.24) is 10.1 Å². The maximum Gasteiger partial charge on any atom is 0.406 e. The third kappa shape index (κ3) is 8.28. The van der Waals surface area contributed by atoms with Crippen LogP contribution in [0.3, 0.4) is 0 Å². The van der Waals surface area contributed by atoms with E-state index in [0.29, 0.717) is 18.6 Å². The Hall–Kier alpha value is -1.71. The van der Waals surface area contributed by atoms with Crippen LogP contribution >= 0.6 is 11.8 Å². The number of unbranched alkanes of at least 4 members (excludes halogenated alkanes) is 1. The molecule has 0 bridgehead atoms. The molecule has 6 nitrogen and oxygen atoms in total. The highest BCUT2D eigenvalue weighted by molar-refractivity contribution is 8.01. The number of nitrogens with zero attached hydrogens (tertiary/aromatic N) is 2. The van der Waals surface area contributed by atoms with Gasteiger partial charge in [-0.05, 0) is 20.3 Å². The summed E-state index contributed by atoms with van der Waals surface area (Å²) in [7, 11) is 0. The van der Waals surface area contributed by atoms with E-state index in [0.717, 1.165) is 16.7 Å². The Morgan fingerprint density at radius 3 is 2.64 bits per heavy atom. The number of alkyl halides is 3. The summed E-state index contributed by atoms with van der Waals surface area (Å²) in [5.41, 5.74) is 0. The van der Waals surface area contributed by atoms with Crippen LogP contribution in [0.15, 0.2) is 10.6 Å². The summed E-state index contributed by atoms with van der Waals surface area (Å²) in [6.45, 7) is 3.85. The predicted molar refractivity (Wildman–Crippen MR) is 89.3 cm³/mol. The molecule has 0 aliphatic carbocycles. The van der Waals surface area contributed by atoms with E-state index in [9.17, 15) is 22.8 Å². The summed E-state index contributed by atoms with van der Waals surface area (Å²) in [6.07, 6.45) is -3.26. The Labute approximate surface area is 148 Å². The van der Waals surface area contributed by atoms with Gasteiger partial charge in [0.25, 0.3) is 0 Å². The Balaban J connectivity index is 2.51. The molecule has 10 heteroatoms. The number of amides is 2. The normalized spacial score (nSPS) is 12.7. The Kier molecular flexibility index (Phi) is 8.27. The monoisotopic (exact) mass is 381 g/mol. The lowest BCUT2D eigenvalue weighted by molar-refractivity contribution is -0.159. The molecule has 0 radical (unpaired) electrons. The summed E-state index contributed by atoms with van der Waals surface area (Å²) in [4.78, 5) is 24.8. The average molecular weight is 381 g/mol. The first-order valence-electron chi connectivity index (χ1n) is 7.82. The molecular formula is C15H22F3N3O3S. The van der Waals surface area contributed by atoms with E-state index < -0.39 is 29.8 Å². The van der Waals surface area contributed by atoms with Crippen molar-refractivity contribution in [3.8, 4) is 0 Å². The summed E-state index contributed by atoms with van der Waals surface area (Å²) < 4.78 is 42.6. The van der Waals surface area contributed by atoms with E-state index in [-0.39, 0.29) is 18.1 Å². The van der Waals surface area contributed by atoms with Crippen LogP contribution in [0.5, 0.6) is 0 Å². The number of carbonyl (C=O) groups is 2. The summed E-state index contributed by atoms with van der Waals surface area (Å²) in [5.74, 6) is -0.450. The van der Waals surface area contributed by atoms with Crippen LogP contribution in [0.4, 0.5) is 19.0 Å². The molecule has 0 aromatic carbocycles. The van der Waals surface area contributed by atoms with Crippen LogP contribution < -0.4 is 5.32 Å². The maximum absolute atomic E-state index is 12.6. The lowest BCUT2D eigenvalue weighted by Gasteiger charge is -2.24. The molecule has 0 spiro atoms. The van der Waals surface area contributed by atoms with Crippen molar-refractivity contribution >= 4 is 29.4 Å². The van der Waals surface area contributed by atoms with Gasteiger partial charge in [0.15, 0.2) is 5.82 Å². The highest BCUT2D eigenvalue weighted by Gasteiger charge is 2.32. The molecule has 0 fully saturated rings. The number of anilines is 1. The van der Waals surface area contributed by atoms with Gasteiger partial charge >= 0.3 is 6.18 Å². The van der Waals surface area contributed by atoms with Crippen LogP contribution in [0, 0.1) is 6.92 Å². The van der Waals surface area contributed by atoms with Gasteiger partial charge in [-0.15, -0.1) is 11.8 Å². The van der Waals surface area contributed by atoms with Gasteiger partial charge in [0.05, 0.1) is 11.0 Å². The van der Waals surface area contributed by atoms with Crippen molar-refractivity contribution in [3.05, 3.63) is 11.8 Å². The third-order valence-electron chi connectivity index (χ3n) is 3.21. The number of carbonyl (C=O) groups excluding carboxylic acids is 2. The van der Waals surface area contributed by atoms with Gasteiger partial charge in [0.1, 0.15) is 12.3 Å². The highest BCUT2D eigenvalue weighted by Crippen LogP contribution is 2.19. The van der Waals surface area contributed by atoms with E-state index >= 15 is 0 Å². The molecule has 25 heavy (non-hydrogen) atoms. The van der Waals surface area contributed by atoms with Crippen LogP contribution in [0.2, 0.25) is 0 Å². The molecule has 1 aromatic heterocycles. The smallest absolute Gasteiger partial charge is 0.360 e. The van der Waals surface area contributed by atoms with Crippen LogP contribution in [-0.2, 0) is 9.59 Å². The first-order valence-corrected chi connectivity index (χ1v) is 8.87. The first-order chi connectivity index (χ1) is 11.6. The molecule has 1 unspecified atom stereocenters. The topological polar surface area (TPSA) is 75.4 Å². The second-order valence-electron chi connectivity index (χ2n) is 5.55. The molecule has 1 aromatic rings. The summed E-state index contributed by atoms with van der Waals surface area (Å²) >= 11 is 0.977. The van der Waals surface area contributed by atoms with Gasteiger partial charge in [-0.3, -0.25) is 9.59 Å². The Morgan fingerprint density at radius 2 is 2.12 bits per heavy atom. The Bertz CT molecular complexity index is 578. The lowest BCUT2D eigenvalue weighted by Crippen LogP contribution is -2.41. The van der Waals surface area contributed by atoms with Crippen molar-refractivity contribution in [3.63, 3.8) is 0 Å². The number of aryl methyl sites for hydroxylation is 1. The number of aromatic nitrogens is 1. The fraction of sp³-hybridized carbons (Fsp3) is 0.667. The SMILES string of the molecule is CCCCN(CC(F)(F)F)C(=O)CSC(C)C(=O)Nc1cc(C)on1. The van der Waals surface area contributed by atoms with Gasteiger partial charge in [-0.2, -0.15) is 13.2 Å². The van der Waals surface area contributed by atoms with Crippen LogP contribution in [-0.4, -0.2) is 52.1 Å². The lowest BCUT2D eigenvalue weighted by atomic mass is 10.3. The van der Waals surface area contributed by atoms with Gasteiger partial charge in [-0.1, -0.05) is 18.5 Å². The van der Waals surface area contributed by atoms with Crippen LogP contribution in [0.25, 0.3) is 0 Å². The van der Waals surface area contributed by atoms with Crippen molar-refractivity contribution in [1.29, 1.82) is 0 Å². The van der Waals surface area contributed by atoms with Gasteiger partial charge in [0.2, 0.25) is 11.8 Å². The number of hydrogen-bond acceptors (Lipinski definition) is 5. The van der Waals surface area contributed by atoms with E-state index in [1.807, 2.05) is 6.92 Å². The standard InChI is InChI=1S/C15H22F3N3O3S/c1-4-5-6-21(9-15(16,17)18)13(22)8-25-11(3)14(23)19-12-7-10(2)24-20-12/h7,11H,4-6,8-9H2,1-3H3,(H,19,20,23). The Morgan fingerprint density at radius 1 is 1.44 bits per heavy atom. The zero-order valence-electron chi connectivity index (χ0n) is 14.4. The molecule has 0 saturated carbocycles. The molecule has 1 N–H and O–H groups in total. The fourth-order valence-corrected chi connectivity index (χ4v) is 2.66. The first kappa shape index (κ1) is 21.3. The van der Waals surface area contributed by atoms with Crippen molar-refractivity contribution in [2.24, 2.45) is 0 Å². The molecular weight excluding hydrogens is 359 g/mol. The highest BCUT2D eigenvalue weighted by atomic mass is 32.2. The zero-order chi connectivity index (χ0) is 19.0. The minimum Gasteiger partial charge on any atom is -0.360 e. The van der Waals surface area contributed by atoms with Crippen molar-refractivity contribution < 1.29 is 27.3 Å². The third-order valence-corrected chi connectivity index (χ3v) is 4.34. The molecule has 0 aliphatic heterocycles. The second-order valence-corrected chi connectivity index (χ2v) is 6.88. The number of nitrogens with one attached hydrogen (secondary N) is 1. The van der Waals surface area contributed by atoms with E-state index in [1.165, 1.54) is 6.07 Å². The molecule has 1 heterocycles. The van der Waals surface area contributed by atoms with E-state index in [4.69, 9.17) is 4.52 Å². The molecule has 142 valence electrons. The van der Waals surface area contributed by atoms with Crippen LogP contribution in [0.1, 0.15) is 32.4 Å². The number of thioether (sulfide) groups is 1. The van der Waals surface area contributed by atoms with Gasteiger partial charge in [-0.25, -0.2) is 0 Å². The molecule has 1 rings (SSSR count). The van der Waals surface area contributed by atoms with Gasteiger partial charge in [0, 0.05) is 12.6 Å². The minimum atomic E-state index is -4.44. The number of rotatable bonds is 9. The van der Waals surface area contributed by atoms with Gasteiger partial charge < -0.3 is 14.7 Å². The summed E-state index contributed by atoms with van der Waals surface area (Å²) in [6, 6.07) is 1.54. The summed E-state index contributed by atoms with van der Waals surface area (Å²) in [5, 5.41) is 5.51. The molecule has 1 atom stereocenters. The largest absolute Gasteiger partial charge is 0.406 e. The molecule has 0 aliphatic rings. The number of hydrogen-bond donors (Lipinski definition) is 1. The van der Waals surface area contributed by atoms with E-state index in [2.05, 4.69) is 10.5 Å². The average Bonchev–Trinajstić information content (AvgIpc) is 2.92. The maximum atomic E-state index is 12.6. The second kappa shape index (κ2) is 9.69. The quantitative estimate of drug-likeness (QED) is 0.711. The zero-order valence-corrected chi connectivity index (χ0v) is 15.2. The van der Waals surface area contributed by atoms with E-state index in [1.54, 1.807) is 13.8 Å². The predicted octanol–water partition coefficient (Wildman–Crippen LogP) is 3.23.